The summed E-state index contributed by atoms with van der Waals surface area (Å²) in [6, 6.07) is 21.8. The number of carbonyl (C=O) groups is 1. The highest BCUT2D eigenvalue weighted by Crippen LogP contribution is 2.23. The van der Waals surface area contributed by atoms with Crippen LogP contribution in [0, 0.1) is 0 Å². The molecule has 0 saturated carbocycles. The molecule has 1 amide bonds. The number of hydrogen-bond donors (Lipinski definition) is 2. The number of rotatable bonds is 6. The molecule has 0 aliphatic carbocycles. The van der Waals surface area contributed by atoms with Crippen LogP contribution in [0.2, 0.25) is 0 Å². The van der Waals surface area contributed by atoms with Crippen molar-refractivity contribution in [3.8, 4) is 0 Å². The van der Waals surface area contributed by atoms with Crippen molar-refractivity contribution in [1.82, 2.24) is 10.3 Å². The highest BCUT2D eigenvalue weighted by molar-refractivity contribution is 5.94. The van der Waals surface area contributed by atoms with E-state index in [4.69, 9.17) is 0 Å². The van der Waals surface area contributed by atoms with Gasteiger partial charge in [-0.25, -0.2) is 4.98 Å². The van der Waals surface area contributed by atoms with Crippen LogP contribution < -0.4 is 15.5 Å². The summed E-state index contributed by atoms with van der Waals surface area (Å²) in [5.74, 6) is 0.544. The topological polar surface area (TPSA) is 57.3 Å². The first-order valence-electron chi connectivity index (χ1n) is 10.2. The van der Waals surface area contributed by atoms with Gasteiger partial charge in [-0.2, -0.15) is 0 Å². The molecule has 148 valence electrons. The van der Waals surface area contributed by atoms with E-state index < -0.39 is 0 Å². The second kappa shape index (κ2) is 9.24. The molecule has 1 aliphatic rings. The van der Waals surface area contributed by atoms with Crippen LogP contribution in [-0.4, -0.2) is 24.0 Å². The van der Waals surface area contributed by atoms with Crippen LogP contribution in [0.15, 0.2) is 72.9 Å². The molecule has 0 unspecified atom stereocenters. The van der Waals surface area contributed by atoms with E-state index >= 15 is 0 Å². The molecule has 3 aromatic rings. The lowest BCUT2D eigenvalue weighted by Crippen LogP contribution is -2.29. The summed E-state index contributed by atoms with van der Waals surface area (Å²) in [4.78, 5) is 19.3. The molecule has 1 saturated heterocycles. The normalized spacial score (nSPS) is 13.7. The molecule has 2 heterocycles. The second-order valence-electron chi connectivity index (χ2n) is 7.32. The van der Waals surface area contributed by atoms with E-state index in [1.54, 1.807) is 18.3 Å². The molecule has 1 aliphatic heterocycles. The van der Waals surface area contributed by atoms with Crippen molar-refractivity contribution in [3.05, 3.63) is 84.1 Å². The molecule has 5 nitrogen and oxygen atoms in total. The Labute approximate surface area is 171 Å². The molecule has 1 fully saturated rings. The summed E-state index contributed by atoms with van der Waals surface area (Å²) in [7, 11) is 0. The Morgan fingerprint density at radius 2 is 1.69 bits per heavy atom. The highest BCUT2D eigenvalue weighted by atomic mass is 16.1. The van der Waals surface area contributed by atoms with Crippen LogP contribution in [0.1, 0.15) is 35.2 Å². The number of aromatic nitrogens is 1. The molecule has 29 heavy (non-hydrogen) atoms. The number of benzene rings is 2. The van der Waals surface area contributed by atoms with Crippen molar-refractivity contribution in [1.29, 1.82) is 0 Å². The first-order valence-corrected chi connectivity index (χ1v) is 10.2. The monoisotopic (exact) mass is 386 g/mol. The maximum absolute atomic E-state index is 12.5. The highest BCUT2D eigenvalue weighted by Gasteiger charge is 2.11. The number of amides is 1. The fourth-order valence-corrected chi connectivity index (χ4v) is 3.58. The molecule has 0 bridgehead atoms. The Bertz CT molecular complexity index is 935. The van der Waals surface area contributed by atoms with E-state index in [1.807, 2.05) is 30.3 Å². The van der Waals surface area contributed by atoms with Crippen LogP contribution in [-0.2, 0) is 6.54 Å². The van der Waals surface area contributed by atoms with E-state index in [1.165, 1.54) is 24.9 Å². The predicted octanol–water partition coefficient (Wildman–Crippen LogP) is 4.75. The summed E-state index contributed by atoms with van der Waals surface area (Å²) in [5, 5.41) is 6.24. The fraction of sp³-hybridized carbons (Fsp3) is 0.250. The smallest absolute Gasteiger partial charge is 0.251 e. The van der Waals surface area contributed by atoms with Gasteiger partial charge in [-0.05, 0) is 61.2 Å². The minimum absolute atomic E-state index is 0.111. The number of hydrogen-bond acceptors (Lipinski definition) is 4. The summed E-state index contributed by atoms with van der Waals surface area (Å²) >= 11 is 0. The molecular formula is C24H26N4O. The molecule has 2 aromatic carbocycles. The Morgan fingerprint density at radius 1 is 0.931 bits per heavy atom. The molecule has 4 rings (SSSR count). The van der Waals surface area contributed by atoms with Gasteiger partial charge in [0.15, 0.2) is 0 Å². The van der Waals surface area contributed by atoms with Gasteiger partial charge in [0.25, 0.3) is 5.91 Å². The summed E-state index contributed by atoms with van der Waals surface area (Å²) in [5.41, 5.74) is 3.88. The van der Waals surface area contributed by atoms with Crippen molar-refractivity contribution < 1.29 is 4.79 Å². The first-order chi connectivity index (χ1) is 14.3. The summed E-state index contributed by atoms with van der Waals surface area (Å²) in [6.45, 7) is 2.77. The lowest BCUT2D eigenvalue weighted by atomic mass is 10.1. The van der Waals surface area contributed by atoms with E-state index in [-0.39, 0.29) is 5.91 Å². The minimum atomic E-state index is -0.111. The van der Waals surface area contributed by atoms with Crippen LogP contribution in [0.25, 0.3) is 0 Å². The molecule has 0 spiro atoms. The zero-order valence-corrected chi connectivity index (χ0v) is 16.5. The standard InChI is InChI=1S/C24H26N4O/c29-24(26-18-19-7-3-1-4-8-19)20-13-14-25-23(17-20)27-21-9-11-22(12-10-21)28-15-5-2-6-16-28/h1,3-4,7-14,17H,2,5-6,15-16,18H2,(H,25,27)(H,26,29). The van der Waals surface area contributed by atoms with E-state index in [2.05, 4.69) is 44.8 Å². The number of anilines is 3. The quantitative estimate of drug-likeness (QED) is 0.642. The maximum Gasteiger partial charge on any atom is 0.251 e. The Balaban J connectivity index is 1.37. The van der Waals surface area contributed by atoms with Gasteiger partial charge in [-0.1, -0.05) is 30.3 Å². The fourth-order valence-electron chi connectivity index (χ4n) is 3.58. The van der Waals surface area contributed by atoms with Crippen LogP contribution in [0.3, 0.4) is 0 Å². The maximum atomic E-state index is 12.5. The molecule has 1 aromatic heterocycles. The molecule has 0 radical (unpaired) electrons. The molecular weight excluding hydrogens is 360 g/mol. The van der Waals surface area contributed by atoms with Crippen molar-refractivity contribution in [2.24, 2.45) is 0 Å². The van der Waals surface area contributed by atoms with E-state index in [0.717, 1.165) is 24.3 Å². The van der Waals surface area contributed by atoms with Crippen molar-refractivity contribution in [3.63, 3.8) is 0 Å². The van der Waals surface area contributed by atoms with Crippen molar-refractivity contribution in [2.45, 2.75) is 25.8 Å². The summed E-state index contributed by atoms with van der Waals surface area (Å²) in [6.07, 6.45) is 5.52. The average molecular weight is 386 g/mol. The van der Waals surface area contributed by atoms with Gasteiger partial charge in [-0.15, -0.1) is 0 Å². The van der Waals surface area contributed by atoms with Crippen molar-refractivity contribution >= 4 is 23.1 Å². The second-order valence-corrected chi connectivity index (χ2v) is 7.32. The van der Waals surface area contributed by atoms with Crippen LogP contribution in [0.4, 0.5) is 17.2 Å². The Hall–Kier alpha value is -3.34. The number of pyridine rings is 1. The zero-order valence-electron chi connectivity index (χ0n) is 16.5. The SMILES string of the molecule is O=C(NCc1ccccc1)c1ccnc(Nc2ccc(N3CCCCC3)cc2)c1. The molecule has 5 heteroatoms. The van der Waals surface area contributed by atoms with E-state index in [9.17, 15) is 4.79 Å². The minimum Gasteiger partial charge on any atom is -0.372 e. The molecule has 2 N–H and O–H groups in total. The number of carbonyl (C=O) groups excluding carboxylic acids is 1. The van der Waals surface area contributed by atoms with Gasteiger partial charge in [0, 0.05) is 42.8 Å². The molecule has 0 atom stereocenters. The third-order valence-corrected chi connectivity index (χ3v) is 5.18. The van der Waals surface area contributed by atoms with Gasteiger partial charge in [-0.3, -0.25) is 4.79 Å². The number of piperidine rings is 1. The summed E-state index contributed by atoms with van der Waals surface area (Å²) < 4.78 is 0. The van der Waals surface area contributed by atoms with Gasteiger partial charge in [0.2, 0.25) is 0 Å². The predicted molar refractivity (Wildman–Crippen MR) is 118 cm³/mol. The van der Waals surface area contributed by atoms with Gasteiger partial charge in [0.05, 0.1) is 0 Å². The average Bonchev–Trinajstić information content (AvgIpc) is 2.79. The van der Waals surface area contributed by atoms with Gasteiger partial charge in [0.1, 0.15) is 5.82 Å². The lowest BCUT2D eigenvalue weighted by Gasteiger charge is -2.28. The third-order valence-electron chi connectivity index (χ3n) is 5.18. The largest absolute Gasteiger partial charge is 0.372 e. The Morgan fingerprint density at radius 3 is 2.45 bits per heavy atom. The zero-order chi connectivity index (χ0) is 19.9. The first kappa shape index (κ1) is 19.0. The Kier molecular flexibility index (Phi) is 6.05. The lowest BCUT2D eigenvalue weighted by molar-refractivity contribution is 0.0951. The third kappa shape index (κ3) is 5.13. The number of nitrogens with one attached hydrogen (secondary N) is 2. The van der Waals surface area contributed by atoms with Crippen LogP contribution in [0.5, 0.6) is 0 Å². The van der Waals surface area contributed by atoms with Gasteiger partial charge < -0.3 is 15.5 Å². The van der Waals surface area contributed by atoms with Crippen LogP contribution >= 0.6 is 0 Å². The van der Waals surface area contributed by atoms with Crippen molar-refractivity contribution in [2.75, 3.05) is 23.3 Å². The van der Waals surface area contributed by atoms with E-state index in [0.29, 0.717) is 17.9 Å². The number of nitrogens with zero attached hydrogens (tertiary/aromatic N) is 2. The van der Waals surface area contributed by atoms with Gasteiger partial charge >= 0.3 is 0 Å².